The summed E-state index contributed by atoms with van der Waals surface area (Å²) < 4.78 is 0. The third kappa shape index (κ3) is 2.84. The molecule has 0 spiro atoms. The van der Waals surface area contributed by atoms with Gasteiger partial charge in [-0.25, -0.2) is 0 Å². The van der Waals surface area contributed by atoms with Gasteiger partial charge in [-0.15, -0.1) is 0 Å². The molecule has 0 radical (unpaired) electrons. The Morgan fingerprint density at radius 2 is 1.20 bits per heavy atom. The van der Waals surface area contributed by atoms with Gasteiger partial charge in [0.1, 0.15) is 11.6 Å². The van der Waals surface area contributed by atoms with E-state index >= 15 is 0 Å². The zero-order valence-electron chi connectivity index (χ0n) is 14.1. The van der Waals surface area contributed by atoms with Crippen molar-refractivity contribution in [1.29, 1.82) is 0 Å². The lowest BCUT2D eigenvalue weighted by molar-refractivity contribution is -0.131. The molecule has 126 valence electrons. The first-order valence-corrected chi connectivity index (χ1v) is 8.16. The Balaban J connectivity index is 2.17. The highest BCUT2D eigenvalue weighted by atomic mass is 16.2. The maximum atomic E-state index is 12.9. The summed E-state index contributed by atoms with van der Waals surface area (Å²) in [4.78, 5) is 50.3. The minimum Gasteiger partial charge on any atom is -0.299 e. The molecule has 0 aliphatic heterocycles. The lowest BCUT2D eigenvalue weighted by Gasteiger charge is -2.27. The molecule has 0 N–H and O–H groups in total. The van der Waals surface area contributed by atoms with E-state index in [0.717, 1.165) is 0 Å². The van der Waals surface area contributed by atoms with E-state index in [0.29, 0.717) is 16.7 Å². The second kappa shape index (κ2) is 6.55. The van der Waals surface area contributed by atoms with Crippen molar-refractivity contribution in [1.82, 2.24) is 0 Å². The second-order valence-electron chi connectivity index (χ2n) is 6.39. The Hall–Kier alpha value is -2.88. The molecule has 2 aromatic carbocycles. The normalized spacial score (nSPS) is 15.3. The summed E-state index contributed by atoms with van der Waals surface area (Å²) in [6.07, 6.45) is 0. The highest BCUT2D eigenvalue weighted by Gasteiger charge is 2.48. The van der Waals surface area contributed by atoms with Gasteiger partial charge in [-0.3, -0.25) is 19.2 Å². The van der Waals surface area contributed by atoms with E-state index in [1.54, 1.807) is 48.5 Å². The minimum atomic E-state index is -1.04. The molecule has 0 saturated heterocycles. The number of hydrogen-bond donors (Lipinski definition) is 0. The molecule has 0 amide bonds. The highest BCUT2D eigenvalue weighted by Crippen LogP contribution is 2.41. The zero-order valence-corrected chi connectivity index (χ0v) is 14.1. The van der Waals surface area contributed by atoms with Crippen LogP contribution in [0.1, 0.15) is 46.0 Å². The maximum absolute atomic E-state index is 12.9. The van der Waals surface area contributed by atoms with Gasteiger partial charge in [-0.05, 0) is 19.4 Å². The fraction of sp³-hybridized carbons (Fsp3) is 0.238. The van der Waals surface area contributed by atoms with Gasteiger partial charge in [0.15, 0.2) is 11.6 Å². The fourth-order valence-electron chi connectivity index (χ4n) is 3.74. The Kier molecular flexibility index (Phi) is 4.45. The van der Waals surface area contributed by atoms with Crippen LogP contribution in [0, 0.1) is 11.8 Å². The predicted octanol–water partition coefficient (Wildman–Crippen LogP) is 3.26. The molecule has 4 nitrogen and oxygen atoms in total. The van der Waals surface area contributed by atoms with Crippen molar-refractivity contribution in [3.8, 4) is 0 Å². The van der Waals surface area contributed by atoms with Crippen molar-refractivity contribution in [2.75, 3.05) is 0 Å². The molecule has 1 atom stereocenters. The van der Waals surface area contributed by atoms with Gasteiger partial charge in [-0.1, -0.05) is 54.6 Å². The Morgan fingerprint density at radius 1 is 0.760 bits per heavy atom. The Bertz CT molecular complexity index is 817. The molecular formula is C21H18O4. The van der Waals surface area contributed by atoms with Crippen molar-refractivity contribution < 1.29 is 19.2 Å². The third-order valence-electron chi connectivity index (χ3n) is 4.80. The number of benzene rings is 2. The van der Waals surface area contributed by atoms with Gasteiger partial charge < -0.3 is 0 Å². The summed E-state index contributed by atoms with van der Waals surface area (Å²) in [7, 11) is 0. The summed E-state index contributed by atoms with van der Waals surface area (Å²) >= 11 is 0. The summed E-state index contributed by atoms with van der Waals surface area (Å²) in [5, 5.41) is 0. The number of rotatable bonds is 5. The lowest BCUT2D eigenvalue weighted by Crippen LogP contribution is -2.36. The maximum Gasteiger partial charge on any atom is 0.175 e. The summed E-state index contributed by atoms with van der Waals surface area (Å²) in [5.74, 6) is -4.16. The fourth-order valence-corrected chi connectivity index (χ4v) is 3.74. The van der Waals surface area contributed by atoms with E-state index in [9.17, 15) is 19.2 Å². The molecule has 0 heterocycles. The molecule has 3 rings (SSSR count). The number of ketones is 4. The van der Waals surface area contributed by atoms with E-state index < -0.39 is 17.8 Å². The van der Waals surface area contributed by atoms with Crippen LogP contribution in [0.15, 0.2) is 54.6 Å². The van der Waals surface area contributed by atoms with Crippen molar-refractivity contribution >= 4 is 23.1 Å². The molecule has 25 heavy (non-hydrogen) atoms. The zero-order chi connectivity index (χ0) is 18.1. The quantitative estimate of drug-likeness (QED) is 0.787. The first-order valence-electron chi connectivity index (χ1n) is 8.16. The molecule has 1 aliphatic rings. The molecule has 0 saturated carbocycles. The van der Waals surface area contributed by atoms with Gasteiger partial charge >= 0.3 is 0 Å². The average molecular weight is 334 g/mol. The minimum absolute atomic E-state index is 0.318. The Labute approximate surface area is 145 Å². The van der Waals surface area contributed by atoms with Crippen molar-refractivity contribution in [3.05, 3.63) is 71.3 Å². The summed E-state index contributed by atoms with van der Waals surface area (Å²) in [5.41, 5.74) is 1.38. The van der Waals surface area contributed by atoms with Crippen molar-refractivity contribution in [2.24, 2.45) is 11.8 Å². The standard InChI is InChI=1S/C21H18O4/c1-12(22)17(13(2)23)18(14-8-4-3-5-9-14)19-20(24)15-10-6-7-11-16(15)21(19)25/h3-11,17-19H,1-2H3/t18-/m0/s1. The van der Waals surface area contributed by atoms with Crippen LogP contribution in [0.2, 0.25) is 0 Å². The van der Waals surface area contributed by atoms with Gasteiger partial charge in [0.25, 0.3) is 0 Å². The molecule has 0 fully saturated rings. The Morgan fingerprint density at radius 3 is 1.64 bits per heavy atom. The van der Waals surface area contributed by atoms with Crippen LogP contribution < -0.4 is 0 Å². The van der Waals surface area contributed by atoms with E-state index in [2.05, 4.69) is 0 Å². The van der Waals surface area contributed by atoms with Crippen LogP contribution in [0.3, 0.4) is 0 Å². The van der Waals surface area contributed by atoms with Crippen LogP contribution >= 0.6 is 0 Å². The van der Waals surface area contributed by atoms with Gasteiger partial charge in [0.2, 0.25) is 0 Å². The number of carbonyl (C=O) groups excluding carboxylic acids is 4. The number of fused-ring (bicyclic) bond motifs is 1. The van der Waals surface area contributed by atoms with E-state index in [-0.39, 0.29) is 23.1 Å². The molecule has 0 unspecified atom stereocenters. The SMILES string of the molecule is CC(=O)C(C(C)=O)[C@H](c1ccccc1)C1C(=O)c2ccccc2C1=O. The average Bonchev–Trinajstić information content (AvgIpc) is 2.84. The molecule has 0 bridgehead atoms. The lowest BCUT2D eigenvalue weighted by atomic mass is 9.72. The van der Waals surface area contributed by atoms with Crippen LogP contribution in [-0.4, -0.2) is 23.1 Å². The number of hydrogen-bond acceptors (Lipinski definition) is 4. The monoisotopic (exact) mass is 334 g/mol. The van der Waals surface area contributed by atoms with Crippen LogP contribution in [-0.2, 0) is 9.59 Å². The number of carbonyl (C=O) groups is 4. The van der Waals surface area contributed by atoms with E-state index in [1.807, 2.05) is 6.07 Å². The van der Waals surface area contributed by atoms with Crippen LogP contribution in [0.25, 0.3) is 0 Å². The van der Waals surface area contributed by atoms with Crippen LogP contribution in [0.5, 0.6) is 0 Å². The van der Waals surface area contributed by atoms with E-state index in [4.69, 9.17) is 0 Å². The molecular weight excluding hydrogens is 316 g/mol. The molecule has 1 aliphatic carbocycles. The smallest absolute Gasteiger partial charge is 0.175 e. The number of Topliss-reactive ketones (excluding diaryl/α,β-unsaturated/α-hetero) is 4. The van der Waals surface area contributed by atoms with Crippen molar-refractivity contribution in [3.63, 3.8) is 0 Å². The summed E-state index contributed by atoms with van der Waals surface area (Å²) in [6, 6.07) is 15.5. The molecule has 2 aromatic rings. The topological polar surface area (TPSA) is 68.3 Å². The third-order valence-corrected chi connectivity index (χ3v) is 4.80. The van der Waals surface area contributed by atoms with Crippen molar-refractivity contribution in [2.45, 2.75) is 19.8 Å². The molecule has 4 heteroatoms. The van der Waals surface area contributed by atoms with Crippen LogP contribution in [0.4, 0.5) is 0 Å². The largest absolute Gasteiger partial charge is 0.299 e. The van der Waals surface area contributed by atoms with Gasteiger partial charge in [-0.2, -0.15) is 0 Å². The van der Waals surface area contributed by atoms with Gasteiger partial charge in [0, 0.05) is 17.0 Å². The molecule has 0 aromatic heterocycles. The van der Waals surface area contributed by atoms with Gasteiger partial charge in [0.05, 0.1) is 11.8 Å². The second-order valence-corrected chi connectivity index (χ2v) is 6.39. The van der Waals surface area contributed by atoms with E-state index in [1.165, 1.54) is 13.8 Å². The first-order chi connectivity index (χ1) is 11.9. The predicted molar refractivity (Wildman–Crippen MR) is 92.6 cm³/mol. The summed E-state index contributed by atoms with van der Waals surface area (Å²) in [6.45, 7) is 2.66. The highest BCUT2D eigenvalue weighted by molar-refractivity contribution is 6.27. The first kappa shape index (κ1) is 17.0.